The zero-order valence-corrected chi connectivity index (χ0v) is 11.2. The third-order valence-electron chi connectivity index (χ3n) is 1.88. The van der Waals surface area contributed by atoms with Crippen molar-refractivity contribution >= 4 is 46.3 Å². The Hall–Kier alpha value is -1.93. The molecular weight excluding hydrogens is 272 g/mol. The van der Waals surface area contributed by atoms with E-state index in [-0.39, 0.29) is 10.2 Å². The van der Waals surface area contributed by atoms with Gasteiger partial charge in [-0.3, -0.25) is 10.9 Å². The Balaban J connectivity index is 2.75. The number of nitrogens with two attached hydrogens (primary N) is 1. The van der Waals surface area contributed by atoms with Gasteiger partial charge in [0.15, 0.2) is 10.2 Å². The number of anilines is 1. The van der Waals surface area contributed by atoms with E-state index in [2.05, 4.69) is 33.1 Å². The molecule has 0 saturated heterocycles. The highest BCUT2D eigenvalue weighted by Crippen LogP contribution is 2.15. The standard InChI is InChI=1S/C10H12N4O2S2/c1-16-8(15)6-4-2-3-5-7(6)12-10(18)14-13-9(11)17/h2-5H,1H3,(H3,11,13,17)(H2,12,14,18). The fourth-order valence-electron chi connectivity index (χ4n) is 1.15. The van der Waals surface area contributed by atoms with Crippen molar-refractivity contribution in [2.75, 3.05) is 12.4 Å². The van der Waals surface area contributed by atoms with Crippen molar-refractivity contribution in [3.63, 3.8) is 0 Å². The van der Waals surface area contributed by atoms with Crippen LogP contribution in [0.5, 0.6) is 0 Å². The lowest BCUT2D eigenvalue weighted by Gasteiger charge is -2.13. The molecule has 1 aromatic carbocycles. The van der Waals surface area contributed by atoms with Crippen LogP contribution in [0.25, 0.3) is 0 Å². The van der Waals surface area contributed by atoms with Crippen molar-refractivity contribution in [2.24, 2.45) is 5.73 Å². The zero-order valence-electron chi connectivity index (χ0n) is 9.52. The molecule has 1 rings (SSSR count). The fraction of sp³-hybridized carbons (Fsp3) is 0.100. The molecule has 0 aliphatic rings. The summed E-state index contributed by atoms with van der Waals surface area (Å²) in [4.78, 5) is 11.5. The summed E-state index contributed by atoms with van der Waals surface area (Å²) in [5, 5.41) is 3.10. The number of hydrogen-bond donors (Lipinski definition) is 4. The van der Waals surface area contributed by atoms with Gasteiger partial charge in [-0.25, -0.2) is 4.79 Å². The van der Waals surface area contributed by atoms with Crippen LogP contribution in [0.15, 0.2) is 24.3 Å². The predicted molar refractivity (Wildman–Crippen MR) is 77.1 cm³/mol. The molecule has 0 unspecified atom stereocenters. The number of ether oxygens (including phenoxy) is 1. The van der Waals surface area contributed by atoms with Crippen LogP contribution in [0, 0.1) is 0 Å². The smallest absolute Gasteiger partial charge is 0.339 e. The topological polar surface area (TPSA) is 88.4 Å². The lowest BCUT2D eigenvalue weighted by atomic mass is 10.2. The van der Waals surface area contributed by atoms with E-state index in [1.807, 2.05) is 0 Å². The van der Waals surface area contributed by atoms with E-state index in [0.717, 1.165) is 0 Å². The Kier molecular flexibility index (Phi) is 5.28. The molecule has 0 saturated carbocycles. The Bertz CT molecular complexity index is 479. The Labute approximate surface area is 115 Å². The normalized spacial score (nSPS) is 9.17. The maximum absolute atomic E-state index is 11.5. The van der Waals surface area contributed by atoms with E-state index in [0.29, 0.717) is 11.3 Å². The molecule has 6 nitrogen and oxygen atoms in total. The van der Waals surface area contributed by atoms with E-state index in [1.54, 1.807) is 24.3 Å². The monoisotopic (exact) mass is 284 g/mol. The largest absolute Gasteiger partial charge is 0.465 e. The van der Waals surface area contributed by atoms with Gasteiger partial charge in [-0.15, -0.1) is 0 Å². The molecule has 96 valence electrons. The number of rotatable bonds is 2. The molecule has 0 atom stereocenters. The van der Waals surface area contributed by atoms with Crippen LogP contribution < -0.4 is 21.9 Å². The van der Waals surface area contributed by atoms with Crippen LogP contribution in [-0.2, 0) is 4.74 Å². The van der Waals surface area contributed by atoms with Gasteiger partial charge in [0.05, 0.1) is 18.4 Å². The first-order valence-corrected chi connectivity index (χ1v) is 5.66. The first-order valence-electron chi connectivity index (χ1n) is 4.84. The average molecular weight is 284 g/mol. The van der Waals surface area contributed by atoms with Gasteiger partial charge in [-0.05, 0) is 36.6 Å². The second kappa shape index (κ2) is 6.72. The Morgan fingerprint density at radius 2 is 1.94 bits per heavy atom. The molecule has 0 aromatic heterocycles. The molecule has 5 N–H and O–H groups in total. The van der Waals surface area contributed by atoms with Gasteiger partial charge in [0.1, 0.15) is 0 Å². The minimum atomic E-state index is -0.455. The maximum atomic E-state index is 11.5. The van der Waals surface area contributed by atoms with Crippen LogP contribution >= 0.6 is 24.4 Å². The van der Waals surface area contributed by atoms with E-state index in [1.165, 1.54) is 7.11 Å². The Morgan fingerprint density at radius 1 is 1.28 bits per heavy atom. The van der Waals surface area contributed by atoms with Gasteiger partial charge >= 0.3 is 5.97 Å². The third kappa shape index (κ3) is 4.15. The van der Waals surface area contributed by atoms with E-state index >= 15 is 0 Å². The van der Waals surface area contributed by atoms with Crippen molar-refractivity contribution in [1.29, 1.82) is 0 Å². The summed E-state index contributed by atoms with van der Waals surface area (Å²) in [5.74, 6) is -0.455. The van der Waals surface area contributed by atoms with Gasteiger partial charge in [0.2, 0.25) is 0 Å². The average Bonchev–Trinajstić information content (AvgIpc) is 2.36. The number of hydrazine groups is 1. The molecule has 0 amide bonds. The van der Waals surface area contributed by atoms with Gasteiger partial charge in [-0.1, -0.05) is 12.1 Å². The number of benzene rings is 1. The molecule has 0 radical (unpaired) electrons. The van der Waals surface area contributed by atoms with Crippen molar-refractivity contribution in [3.8, 4) is 0 Å². The molecule has 0 aliphatic heterocycles. The van der Waals surface area contributed by atoms with E-state index in [4.69, 9.17) is 18.0 Å². The first-order chi connectivity index (χ1) is 8.54. The summed E-state index contributed by atoms with van der Waals surface area (Å²) in [6, 6.07) is 6.80. The van der Waals surface area contributed by atoms with Crippen molar-refractivity contribution in [3.05, 3.63) is 29.8 Å². The van der Waals surface area contributed by atoms with Crippen LogP contribution in [0.3, 0.4) is 0 Å². The van der Waals surface area contributed by atoms with Crippen LogP contribution in [0.4, 0.5) is 5.69 Å². The molecule has 18 heavy (non-hydrogen) atoms. The highest BCUT2D eigenvalue weighted by atomic mass is 32.1. The maximum Gasteiger partial charge on any atom is 0.339 e. The number of para-hydroxylation sites is 1. The van der Waals surface area contributed by atoms with Crippen molar-refractivity contribution in [2.45, 2.75) is 0 Å². The lowest BCUT2D eigenvalue weighted by Crippen LogP contribution is -2.46. The minimum absolute atomic E-state index is 0.0559. The fourth-order valence-corrected chi connectivity index (χ4v) is 1.36. The van der Waals surface area contributed by atoms with Crippen molar-refractivity contribution in [1.82, 2.24) is 10.9 Å². The number of hydrogen-bond acceptors (Lipinski definition) is 4. The zero-order chi connectivity index (χ0) is 13.5. The molecular formula is C10H12N4O2S2. The number of esters is 1. The summed E-state index contributed by atoms with van der Waals surface area (Å²) < 4.78 is 4.66. The number of carbonyl (C=O) groups is 1. The second-order valence-corrected chi connectivity index (χ2v) is 3.95. The lowest BCUT2D eigenvalue weighted by molar-refractivity contribution is 0.0602. The first kappa shape index (κ1) is 14.1. The summed E-state index contributed by atoms with van der Waals surface area (Å²) in [6.07, 6.45) is 0. The van der Waals surface area contributed by atoms with Gasteiger partial charge in [0, 0.05) is 0 Å². The third-order valence-corrected chi connectivity index (χ3v) is 2.19. The summed E-state index contributed by atoms with van der Waals surface area (Å²) in [6.45, 7) is 0. The van der Waals surface area contributed by atoms with Gasteiger partial charge in [-0.2, -0.15) is 0 Å². The summed E-state index contributed by atoms with van der Waals surface area (Å²) in [7, 11) is 1.31. The highest BCUT2D eigenvalue weighted by Gasteiger charge is 2.11. The van der Waals surface area contributed by atoms with Crippen LogP contribution in [0.2, 0.25) is 0 Å². The highest BCUT2D eigenvalue weighted by molar-refractivity contribution is 7.80. The molecule has 0 spiro atoms. The van der Waals surface area contributed by atoms with Gasteiger partial charge in [0.25, 0.3) is 0 Å². The second-order valence-electron chi connectivity index (χ2n) is 3.11. The number of nitrogens with one attached hydrogen (secondary N) is 3. The molecule has 0 aliphatic carbocycles. The Morgan fingerprint density at radius 3 is 2.56 bits per heavy atom. The van der Waals surface area contributed by atoms with Crippen LogP contribution in [-0.4, -0.2) is 23.3 Å². The molecule has 8 heteroatoms. The quantitative estimate of drug-likeness (QED) is 0.355. The number of thiocarbonyl (C=S) groups is 2. The molecule has 1 aromatic rings. The summed E-state index contributed by atoms with van der Waals surface area (Å²) >= 11 is 9.59. The summed E-state index contributed by atoms with van der Waals surface area (Å²) in [5.41, 5.74) is 11.2. The predicted octanol–water partition coefficient (Wildman–Crippen LogP) is 0.508. The molecule has 0 bridgehead atoms. The van der Waals surface area contributed by atoms with Crippen molar-refractivity contribution < 1.29 is 9.53 Å². The molecule has 0 heterocycles. The minimum Gasteiger partial charge on any atom is -0.465 e. The SMILES string of the molecule is COC(=O)c1ccccc1NC(=S)NNC(N)=S. The van der Waals surface area contributed by atoms with Crippen LogP contribution in [0.1, 0.15) is 10.4 Å². The molecule has 0 fully saturated rings. The number of carbonyl (C=O) groups excluding carboxylic acids is 1. The van der Waals surface area contributed by atoms with E-state index < -0.39 is 5.97 Å². The van der Waals surface area contributed by atoms with E-state index in [9.17, 15) is 4.79 Å². The van der Waals surface area contributed by atoms with Gasteiger partial charge < -0.3 is 15.8 Å². The number of methoxy groups -OCH3 is 1.